The number of nitrogens with zero attached hydrogens (tertiary/aromatic N) is 1. The number of rotatable bonds is 2. The van der Waals surface area contributed by atoms with Gasteiger partial charge in [-0.25, -0.2) is 0 Å². The average molecular weight is 346 g/mol. The van der Waals surface area contributed by atoms with E-state index in [2.05, 4.69) is 21.2 Å². The molecule has 1 aliphatic rings. The van der Waals surface area contributed by atoms with E-state index >= 15 is 0 Å². The van der Waals surface area contributed by atoms with Crippen LogP contribution in [0.15, 0.2) is 22.7 Å². The van der Waals surface area contributed by atoms with Gasteiger partial charge in [-0.05, 0) is 24.6 Å². The first-order valence-corrected chi connectivity index (χ1v) is 7.24. The van der Waals surface area contributed by atoms with Crippen molar-refractivity contribution in [2.24, 2.45) is 0 Å². The van der Waals surface area contributed by atoms with Gasteiger partial charge in [0.2, 0.25) is 5.91 Å². The molecule has 1 aliphatic heterocycles. The van der Waals surface area contributed by atoms with Crippen molar-refractivity contribution in [3.8, 4) is 0 Å². The van der Waals surface area contributed by atoms with Gasteiger partial charge in [0, 0.05) is 28.1 Å². The number of carbonyl (C=O) groups is 2. The second-order valence-electron chi connectivity index (χ2n) is 4.37. The molecule has 1 saturated heterocycles. The van der Waals surface area contributed by atoms with E-state index in [1.54, 1.807) is 23.1 Å². The van der Waals surface area contributed by atoms with Gasteiger partial charge in [0.25, 0.3) is 5.91 Å². The first kappa shape index (κ1) is 14.3. The lowest BCUT2D eigenvalue weighted by Gasteiger charge is -2.34. The van der Waals surface area contributed by atoms with Crippen LogP contribution in [-0.4, -0.2) is 35.8 Å². The molecule has 1 fully saturated rings. The number of nitrogens with one attached hydrogen (secondary N) is 1. The molecule has 1 aromatic carbocycles. The van der Waals surface area contributed by atoms with Crippen LogP contribution < -0.4 is 5.32 Å². The van der Waals surface area contributed by atoms with Gasteiger partial charge in [0.1, 0.15) is 6.04 Å². The van der Waals surface area contributed by atoms with Crippen molar-refractivity contribution in [1.82, 2.24) is 10.2 Å². The molecule has 102 valence electrons. The van der Waals surface area contributed by atoms with Gasteiger partial charge in [-0.2, -0.15) is 0 Å². The lowest BCUT2D eigenvalue weighted by molar-refractivity contribution is -0.127. The zero-order valence-corrected chi connectivity index (χ0v) is 12.8. The summed E-state index contributed by atoms with van der Waals surface area (Å²) in [7, 11) is 0. The van der Waals surface area contributed by atoms with Crippen molar-refractivity contribution in [1.29, 1.82) is 0 Å². The minimum Gasteiger partial charge on any atom is -0.353 e. The van der Waals surface area contributed by atoms with Crippen molar-refractivity contribution in [2.45, 2.75) is 19.4 Å². The van der Waals surface area contributed by atoms with Gasteiger partial charge in [0.05, 0.1) is 0 Å². The van der Waals surface area contributed by atoms with Crippen LogP contribution >= 0.6 is 27.5 Å². The summed E-state index contributed by atoms with van der Waals surface area (Å²) in [4.78, 5) is 25.9. The number of carbonyl (C=O) groups excluding carboxylic acids is 2. The van der Waals surface area contributed by atoms with Crippen LogP contribution in [0, 0.1) is 0 Å². The minimum absolute atomic E-state index is 0.0943. The Kier molecular flexibility index (Phi) is 4.47. The van der Waals surface area contributed by atoms with Gasteiger partial charge in [-0.3, -0.25) is 9.59 Å². The third-order valence-electron chi connectivity index (χ3n) is 3.09. The Morgan fingerprint density at radius 3 is 2.89 bits per heavy atom. The molecular weight excluding hydrogens is 332 g/mol. The summed E-state index contributed by atoms with van der Waals surface area (Å²) in [6, 6.07) is 4.65. The van der Waals surface area contributed by atoms with Crippen LogP contribution in [0.2, 0.25) is 5.02 Å². The van der Waals surface area contributed by atoms with E-state index in [1.807, 2.05) is 6.92 Å². The number of halogens is 2. The molecule has 19 heavy (non-hydrogen) atoms. The summed E-state index contributed by atoms with van der Waals surface area (Å²) in [6.07, 6.45) is 0.597. The Bertz CT molecular complexity index is 501. The smallest absolute Gasteiger partial charge is 0.254 e. The van der Waals surface area contributed by atoms with E-state index in [0.29, 0.717) is 30.1 Å². The second kappa shape index (κ2) is 5.92. The maximum Gasteiger partial charge on any atom is 0.254 e. The van der Waals surface area contributed by atoms with Crippen molar-refractivity contribution in [3.63, 3.8) is 0 Å². The molecule has 1 aromatic rings. The second-order valence-corrected chi connectivity index (χ2v) is 5.72. The third-order valence-corrected chi connectivity index (χ3v) is 3.76. The van der Waals surface area contributed by atoms with Gasteiger partial charge < -0.3 is 10.2 Å². The molecule has 1 heterocycles. The maximum absolute atomic E-state index is 12.5. The molecule has 6 heteroatoms. The quantitative estimate of drug-likeness (QED) is 0.895. The molecule has 4 nitrogen and oxygen atoms in total. The summed E-state index contributed by atoms with van der Waals surface area (Å²) >= 11 is 9.27. The van der Waals surface area contributed by atoms with E-state index in [0.717, 1.165) is 4.47 Å². The maximum atomic E-state index is 12.5. The molecule has 1 atom stereocenters. The first-order chi connectivity index (χ1) is 9.02. The first-order valence-electron chi connectivity index (χ1n) is 6.07. The normalized spacial score (nSPS) is 19.2. The standard InChI is InChI=1S/C13H14BrClN2O2/c1-2-11-12(18)16-3-4-17(11)13(19)8-5-9(14)7-10(15)6-8/h5-7,11H,2-4H2,1H3,(H,16,18). The molecule has 1 unspecified atom stereocenters. The van der Waals surface area contributed by atoms with Gasteiger partial charge in [-0.1, -0.05) is 34.5 Å². The number of piperazine rings is 1. The van der Waals surface area contributed by atoms with Crippen LogP contribution in [0.3, 0.4) is 0 Å². The van der Waals surface area contributed by atoms with Gasteiger partial charge in [0.15, 0.2) is 0 Å². The zero-order chi connectivity index (χ0) is 14.0. The SMILES string of the molecule is CCC1C(=O)NCCN1C(=O)c1cc(Cl)cc(Br)c1. The van der Waals surface area contributed by atoms with E-state index in [4.69, 9.17) is 11.6 Å². The number of amides is 2. The fourth-order valence-corrected chi connectivity index (χ4v) is 3.07. The topological polar surface area (TPSA) is 49.4 Å². The molecule has 0 bridgehead atoms. The third kappa shape index (κ3) is 3.09. The Morgan fingerprint density at radius 2 is 2.26 bits per heavy atom. The molecule has 0 aliphatic carbocycles. The van der Waals surface area contributed by atoms with Crippen LogP contribution in [0.5, 0.6) is 0 Å². The fourth-order valence-electron chi connectivity index (χ4n) is 2.21. The number of hydrogen-bond donors (Lipinski definition) is 1. The predicted octanol–water partition coefficient (Wildman–Crippen LogP) is 2.45. The van der Waals surface area contributed by atoms with E-state index < -0.39 is 6.04 Å². The Labute approximate surface area is 125 Å². The van der Waals surface area contributed by atoms with Crippen LogP contribution in [0.25, 0.3) is 0 Å². The monoisotopic (exact) mass is 344 g/mol. The van der Waals surface area contributed by atoms with E-state index in [1.165, 1.54) is 0 Å². The van der Waals surface area contributed by atoms with Crippen molar-refractivity contribution < 1.29 is 9.59 Å². The molecule has 0 spiro atoms. The molecule has 0 radical (unpaired) electrons. The lowest BCUT2D eigenvalue weighted by atomic mass is 10.1. The number of hydrogen-bond acceptors (Lipinski definition) is 2. The van der Waals surface area contributed by atoms with Crippen LogP contribution in [0.1, 0.15) is 23.7 Å². The van der Waals surface area contributed by atoms with E-state index in [-0.39, 0.29) is 11.8 Å². The Balaban J connectivity index is 2.29. The summed E-state index contributed by atoms with van der Waals surface area (Å²) in [5.74, 6) is -0.256. The summed E-state index contributed by atoms with van der Waals surface area (Å²) in [5.41, 5.74) is 0.493. The van der Waals surface area contributed by atoms with Gasteiger partial charge in [-0.15, -0.1) is 0 Å². The van der Waals surface area contributed by atoms with E-state index in [9.17, 15) is 9.59 Å². The van der Waals surface area contributed by atoms with Crippen LogP contribution in [-0.2, 0) is 4.79 Å². The van der Waals surface area contributed by atoms with Crippen molar-refractivity contribution >= 4 is 39.3 Å². The van der Waals surface area contributed by atoms with Crippen LogP contribution in [0.4, 0.5) is 0 Å². The lowest BCUT2D eigenvalue weighted by Crippen LogP contribution is -2.56. The predicted molar refractivity (Wildman–Crippen MR) is 77.3 cm³/mol. The van der Waals surface area contributed by atoms with Crippen molar-refractivity contribution in [2.75, 3.05) is 13.1 Å². The highest BCUT2D eigenvalue weighted by Gasteiger charge is 2.32. The molecule has 2 amide bonds. The summed E-state index contributed by atoms with van der Waals surface area (Å²) in [6.45, 7) is 2.90. The highest BCUT2D eigenvalue weighted by Crippen LogP contribution is 2.22. The summed E-state index contributed by atoms with van der Waals surface area (Å²) in [5, 5.41) is 3.27. The van der Waals surface area contributed by atoms with Crippen molar-refractivity contribution in [3.05, 3.63) is 33.3 Å². The average Bonchev–Trinajstić information content (AvgIpc) is 2.36. The molecule has 1 N–H and O–H groups in total. The molecular formula is C13H14BrClN2O2. The highest BCUT2D eigenvalue weighted by atomic mass is 79.9. The highest BCUT2D eigenvalue weighted by molar-refractivity contribution is 9.10. The Hall–Kier alpha value is -1.07. The minimum atomic E-state index is -0.404. The number of benzene rings is 1. The van der Waals surface area contributed by atoms with Gasteiger partial charge >= 0.3 is 0 Å². The Morgan fingerprint density at radius 1 is 1.53 bits per heavy atom. The molecule has 2 rings (SSSR count). The fraction of sp³-hybridized carbons (Fsp3) is 0.385. The largest absolute Gasteiger partial charge is 0.353 e. The zero-order valence-electron chi connectivity index (χ0n) is 10.5. The summed E-state index contributed by atoms with van der Waals surface area (Å²) < 4.78 is 0.748. The molecule has 0 saturated carbocycles. The molecule has 0 aromatic heterocycles.